The number of aromatic nitrogens is 3. The van der Waals surface area contributed by atoms with E-state index < -0.39 is 0 Å². The van der Waals surface area contributed by atoms with Crippen LogP contribution in [0.1, 0.15) is 44.8 Å². The third-order valence-electron chi connectivity index (χ3n) is 3.70. The Labute approximate surface area is 97.5 Å². The van der Waals surface area contributed by atoms with Crippen molar-refractivity contribution in [2.24, 2.45) is 0 Å². The van der Waals surface area contributed by atoms with Crippen molar-refractivity contribution < 1.29 is 0 Å². The first-order chi connectivity index (χ1) is 7.73. The Hall–Kier alpha value is -0.900. The highest BCUT2D eigenvalue weighted by Crippen LogP contribution is 2.34. The average Bonchev–Trinajstić information content (AvgIpc) is 2.86. The molecule has 2 heterocycles. The molecule has 1 aliphatic heterocycles. The van der Waals surface area contributed by atoms with Crippen LogP contribution in [0.25, 0.3) is 0 Å². The predicted octanol–water partition coefficient (Wildman–Crippen LogP) is 1.64. The van der Waals surface area contributed by atoms with Gasteiger partial charge in [0, 0.05) is 18.5 Å². The fourth-order valence-electron chi connectivity index (χ4n) is 2.89. The summed E-state index contributed by atoms with van der Waals surface area (Å²) in [5.74, 6) is 2.24. The van der Waals surface area contributed by atoms with E-state index in [0.717, 1.165) is 25.5 Å². The van der Waals surface area contributed by atoms with Gasteiger partial charge in [-0.2, -0.15) is 0 Å². The molecule has 1 aromatic rings. The molecule has 0 bridgehead atoms. The van der Waals surface area contributed by atoms with Crippen LogP contribution in [-0.2, 0) is 12.0 Å². The molecule has 0 aromatic carbocycles. The number of hydrogen-bond acceptors (Lipinski definition) is 3. The minimum atomic E-state index is 0.228. The molecule has 4 heteroatoms. The van der Waals surface area contributed by atoms with Crippen molar-refractivity contribution >= 4 is 0 Å². The Kier molecular flexibility index (Phi) is 3.28. The minimum Gasteiger partial charge on any atom is -0.316 e. The van der Waals surface area contributed by atoms with Gasteiger partial charge in [0.2, 0.25) is 0 Å². The van der Waals surface area contributed by atoms with Crippen LogP contribution in [0.15, 0.2) is 0 Å². The van der Waals surface area contributed by atoms with Gasteiger partial charge in [0.15, 0.2) is 0 Å². The average molecular weight is 222 g/mol. The Morgan fingerprint density at radius 3 is 2.75 bits per heavy atom. The maximum absolute atomic E-state index is 4.43. The number of nitrogens with one attached hydrogen (secondary N) is 1. The van der Waals surface area contributed by atoms with E-state index in [4.69, 9.17) is 0 Å². The monoisotopic (exact) mass is 222 g/mol. The molecule has 0 spiro atoms. The van der Waals surface area contributed by atoms with E-state index in [1.54, 1.807) is 0 Å². The molecule has 16 heavy (non-hydrogen) atoms. The van der Waals surface area contributed by atoms with Gasteiger partial charge in [-0.05, 0) is 33.2 Å². The highest BCUT2D eigenvalue weighted by Gasteiger charge is 2.39. The normalized spacial score (nSPS) is 25.2. The highest BCUT2D eigenvalue weighted by molar-refractivity contribution is 5.14. The summed E-state index contributed by atoms with van der Waals surface area (Å²) in [4.78, 5) is 0. The lowest BCUT2D eigenvalue weighted by Gasteiger charge is -2.27. The maximum Gasteiger partial charge on any atom is 0.140 e. The van der Waals surface area contributed by atoms with Gasteiger partial charge in [0.05, 0.1) is 0 Å². The lowest BCUT2D eigenvalue weighted by atomic mass is 9.81. The van der Waals surface area contributed by atoms with Crippen molar-refractivity contribution in [2.75, 3.05) is 13.1 Å². The van der Waals surface area contributed by atoms with E-state index in [9.17, 15) is 0 Å². The Bertz CT molecular complexity index is 350. The zero-order valence-electron chi connectivity index (χ0n) is 10.6. The lowest BCUT2D eigenvalue weighted by molar-refractivity contribution is 0.383. The summed E-state index contributed by atoms with van der Waals surface area (Å²) in [6, 6.07) is 0. The van der Waals surface area contributed by atoms with Crippen LogP contribution in [0.4, 0.5) is 0 Å². The Morgan fingerprint density at radius 2 is 2.19 bits per heavy atom. The molecule has 90 valence electrons. The van der Waals surface area contributed by atoms with Gasteiger partial charge in [0.1, 0.15) is 11.6 Å². The third-order valence-corrected chi connectivity index (χ3v) is 3.70. The molecule has 1 aromatic heterocycles. The molecule has 1 atom stereocenters. The van der Waals surface area contributed by atoms with E-state index in [2.05, 4.69) is 33.9 Å². The second kappa shape index (κ2) is 4.53. The summed E-state index contributed by atoms with van der Waals surface area (Å²) in [5.41, 5.74) is 0.228. The zero-order chi connectivity index (χ0) is 11.6. The molecule has 1 unspecified atom stereocenters. The first kappa shape index (κ1) is 11.6. The topological polar surface area (TPSA) is 42.7 Å². The summed E-state index contributed by atoms with van der Waals surface area (Å²) >= 11 is 0. The quantitative estimate of drug-likeness (QED) is 0.842. The fourth-order valence-corrected chi connectivity index (χ4v) is 2.89. The summed E-state index contributed by atoms with van der Waals surface area (Å²) in [7, 11) is 0. The molecule has 0 amide bonds. The second-order valence-corrected chi connectivity index (χ2v) is 4.77. The van der Waals surface area contributed by atoms with Crippen molar-refractivity contribution in [1.29, 1.82) is 0 Å². The molecular formula is C12H22N4. The number of hydrogen-bond donors (Lipinski definition) is 1. The number of nitrogens with zero attached hydrogens (tertiary/aromatic N) is 3. The molecule has 2 rings (SSSR count). The van der Waals surface area contributed by atoms with Crippen LogP contribution < -0.4 is 5.32 Å². The second-order valence-electron chi connectivity index (χ2n) is 4.77. The Morgan fingerprint density at radius 1 is 1.38 bits per heavy atom. The van der Waals surface area contributed by atoms with Crippen LogP contribution in [0.3, 0.4) is 0 Å². The van der Waals surface area contributed by atoms with Gasteiger partial charge in [0.25, 0.3) is 0 Å². The van der Waals surface area contributed by atoms with Gasteiger partial charge < -0.3 is 9.88 Å². The van der Waals surface area contributed by atoms with Gasteiger partial charge in [-0.15, -0.1) is 10.2 Å². The van der Waals surface area contributed by atoms with Crippen LogP contribution >= 0.6 is 0 Å². The third kappa shape index (κ3) is 1.75. The van der Waals surface area contributed by atoms with E-state index >= 15 is 0 Å². The zero-order valence-corrected chi connectivity index (χ0v) is 10.6. The SMILES string of the molecule is CCCC1(c2nnc(C)n2CC)CCNC1. The van der Waals surface area contributed by atoms with E-state index in [1.807, 2.05) is 6.92 Å². The maximum atomic E-state index is 4.43. The molecule has 1 saturated heterocycles. The molecule has 0 saturated carbocycles. The van der Waals surface area contributed by atoms with E-state index in [-0.39, 0.29) is 5.41 Å². The molecule has 1 aliphatic rings. The first-order valence-corrected chi connectivity index (χ1v) is 6.34. The molecule has 1 N–H and O–H groups in total. The van der Waals surface area contributed by atoms with E-state index in [0.29, 0.717) is 0 Å². The first-order valence-electron chi connectivity index (χ1n) is 6.34. The standard InChI is InChI=1S/C12H22N4/c1-4-6-12(7-8-13-9-12)11-15-14-10(3)16(11)5-2/h13H,4-9H2,1-3H3. The van der Waals surface area contributed by atoms with Gasteiger partial charge in [-0.3, -0.25) is 0 Å². The van der Waals surface area contributed by atoms with Crippen molar-refractivity contribution in [3.05, 3.63) is 11.6 Å². The Balaban J connectivity index is 2.38. The smallest absolute Gasteiger partial charge is 0.140 e. The largest absolute Gasteiger partial charge is 0.316 e. The number of aryl methyl sites for hydroxylation is 1. The van der Waals surface area contributed by atoms with Crippen molar-refractivity contribution in [3.63, 3.8) is 0 Å². The van der Waals surface area contributed by atoms with Crippen LogP contribution in [0, 0.1) is 6.92 Å². The predicted molar refractivity (Wildman–Crippen MR) is 64.5 cm³/mol. The van der Waals surface area contributed by atoms with Crippen molar-refractivity contribution in [2.45, 2.75) is 52.0 Å². The molecular weight excluding hydrogens is 200 g/mol. The van der Waals surface area contributed by atoms with Gasteiger partial charge >= 0.3 is 0 Å². The summed E-state index contributed by atoms with van der Waals surface area (Å²) in [6.45, 7) is 9.59. The van der Waals surface area contributed by atoms with Crippen LogP contribution in [-0.4, -0.2) is 27.9 Å². The van der Waals surface area contributed by atoms with Crippen LogP contribution in [0.5, 0.6) is 0 Å². The molecule has 0 radical (unpaired) electrons. The van der Waals surface area contributed by atoms with E-state index in [1.165, 1.54) is 25.1 Å². The fraction of sp³-hybridized carbons (Fsp3) is 0.833. The summed E-state index contributed by atoms with van der Waals surface area (Å²) in [5, 5.41) is 12.2. The van der Waals surface area contributed by atoms with Crippen molar-refractivity contribution in [3.8, 4) is 0 Å². The van der Waals surface area contributed by atoms with Crippen molar-refractivity contribution in [1.82, 2.24) is 20.1 Å². The van der Waals surface area contributed by atoms with Crippen LogP contribution in [0.2, 0.25) is 0 Å². The minimum absolute atomic E-state index is 0.228. The highest BCUT2D eigenvalue weighted by atomic mass is 15.3. The van der Waals surface area contributed by atoms with Gasteiger partial charge in [-0.1, -0.05) is 13.3 Å². The molecule has 4 nitrogen and oxygen atoms in total. The summed E-state index contributed by atoms with van der Waals surface area (Å²) < 4.78 is 2.27. The lowest BCUT2D eigenvalue weighted by Crippen LogP contribution is -2.32. The molecule has 0 aliphatic carbocycles. The number of rotatable bonds is 4. The molecule has 1 fully saturated rings. The summed E-state index contributed by atoms with van der Waals surface area (Å²) in [6.07, 6.45) is 3.61. The van der Waals surface area contributed by atoms with Gasteiger partial charge in [-0.25, -0.2) is 0 Å².